The summed E-state index contributed by atoms with van der Waals surface area (Å²) in [6.45, 7) is 0.266. The molecule has 0 fully saturated rings. The van der Waals surface area contributed by atoms with Crippen molar-refractivity contribution in [1.29, 1.82) is 0 Å². The van der Waals surface area contributed by atoms with Gasteiger partial charge in [-0.2, -0.15) is 0 Å². The van der Waals surface area contributed by atoms with E-state index in [0.717, 1.165) is 23.2 Å². The summed E-state index contributed by atoms with van der Waals surface area (Å²) in [6, 6.07) is 18.4. The molecule has 0 spiro atoms. The lowest BCUT2D eigenvalue weighted by atomic mass is 10.1. The molecule has 0 saturated carbocycles. The molecular formula is C30H31N5O3S. The summed E-state index contributed by atoms with van der Waals surface area (Å²) in [7, 11) is 1.71. The van der Waals surface area contributed by atoms with Crippen LogP contribution in [-0.4, -0.2) is 34.3 Å². The van der Waals surface area contributed by atoms with Crippen molar-refractivity contribution in [2.45, 2.75) is 45.1 Å². The fourth-order valence-corrected chi connectivity index (χ4v) is 5.77. The third kappa shape index (κ3) is 5.93. The van der Waals surface area contributed by atoms with Crippen LogP contribution in [0.4, 0.5) is 11.6 Å². The number of imidazole rings is 1. The number of carbonyl (C=O) groups excluding carboxylic acids is 3. The maximum atomic E-state index is 13.2. The van der Waals surface area contributed by atoms with Gasteiger partial charge in [0.15, 0.2) is 0 Å². The monoisotopic (exact) mass is 541 g/mol. The van der Waals surface area contributed by atoms with Crippen molar-refractivity contribution < 1.29 is 14.4 Å². The SMILES string of the molecule is CN(C(=O)c1ccccc1)c1ccc2c(c1)nc(NC(=O)c1ccc(C3=CCCCCC3)s1)n2CCC(N)=O. The van der Waals surface area contributed by atoms with Crippen LogP contribution in [-0.2, 0) is 11.3 Å². The van der Waals surface area contributed by atoms with Gasteiger partial charge in [0.2, 0.25) is 11.9 Å². The number of rotatable bonds is 8. The number of nitrogens with two attached hydrogens (primary N) is 1. The molecule has 9 heteroatoms. The first kappa shape index (κ1) is 26.4. The molecule has 8 nitrogen and oxygen atoms in total. The Morgan fingerprint density at radius 1 is 1.05 bits per heavy atom. The summed E-state index contributed by atoms with van der Waals surface area (Å²) in [6.07, 6.45) is 8.12. The third-order valence-corrected chi connectivity index (χ3v) is 8.10. The Bertz CT molecular complexity index is 1550. The molecule has 1 aliphatic rings. The lowest BCUT2D eigenvalue weighted by Gasteiger charge is -2.17. The molecule has 0 radical (unpaired) electrons. The van der Waals surface area contributed by atoms with Gasteiger partial charge in [-0.05, 0) is 73.7 Å². The minimum absolute atomic E-state index is 0.0970. The van der Waals surface area contributed by atoms with Gasteiger partial charge in [-0.3, -0.25) is 19.7 Å². The second-order valence-electron chi connectivity index (χ2n) is 9.65. The Hall–Kier alpha value is -4.24. The van der Waals surface area contributed by atoms with Crippen LogP contribution in [0.25, 0.3) is 16.6 Å². The largest absolute Gasteiger partial charge is 0.370 e. The molecule has 0 aliphatic heterocycles. The van der Waals surface area contributed by atoms with E-state index in [9.17, 15) is 14.4 Å². The number of allylic oxidation sites excluding steroid dienone is 2. The predicted molar refractivity (Wildman–Crippen MR) is 156 cm³/mol. The number of nitrogens with zero attached hydrogens (tertiary/aromatic N) is 3. The van der Waals surface area contributed by atoms with Gasteiger partial charge in [0.1, 0.15) is 0 Å². The zero-order chi connectivity index (χ0) is 27.4. The minimum Gasteiger partial charge on any atom is -0.370 e. The second kappa shape index (κ2) is 11.7. The molecule has 3 N–H and O–H groups in total. The summed E-state index contributed by atoms with van der Waals surface area (Å²) in [5, 5.41) is 2.94. The van der Waals surface area contributed by atoms with E-state index in [-0.39, 0.29) is 24.8 Å². The highest BCUT2D eigenvalue weighted by Gasteiger charge is 2.20. The van der Waals surface area contributed by atoms with Gasteiger partial charge in [-0.1, -0.05) is 30.7 Å². The fourth-order valence-electron chi connectivity index (χ4n) is 4.80. The molecule has 39 heavy (non-hydrogen) atoms. The van der Waals surface area contributed by atoms with E-state index in [1.54, 1.807) is 34.7 Å². The van der Waals surface area contributed by atoms with Crippen molar-refractivity contribution in [3.05, 3.63) is 82.1 Å². The molecule has 0 bridgehead atoms. The van der Waals surface area contributed by atoms with Gasteiger partial charge < -0.3 is 15.2 Å². The Labute approximate surface area is 231 Å². The molecule has 0 atom stereocenters. The van der Waals surface area contributed by atoms with Crippen molar-refractivity contribution in [3.63, 3.8) is 0 Å². The maximum Gasteiger partial charge on any atom is 0.268 e. The molecule has 2 aromatic carbocycles. The second-order valence-corrected chi connectivity index (χ2v) is 10.7. The summed E-state index contributed by atoms with van der Waals surface area (Å²) in [5.74, 6) is -0.519. The highest BCUT2D eigenvalue weighted by molar-refractivity contribution is 7.15. The number of thiophene rings is 1. The highest BCUT2D eigenvalue weighted by atomic mass is 32.1. The lowest BCUT2D eigenvalue weighted by Crippen LogP contribution is -2.26. The van der Waals surface area contributed by atoms with Gasteiger partial charge in [0.25, 0.3) is 11.8 Å². The van der Waals surface area contributed by atoms with Gasteiger partial charge in [0.05, 0.1) is 15.9 Å². The van der Waals surface area contributed by atoms with E-state index in [2.05, 4.69) is 16.4 Å². The van der Waals surface area contributed by atoms with Gasteiger partial charge in [-0.25, -0.2) is 4.98 Å². The Morgan fingerprint density at radius 3 is 2.67 bits per heavy atom. The van der Waals surface area contributed by atoms with Crippen LogP contribution in [0.2, 0.25) is 0 Å². The zero-order valence-electron chi connectivity index (χ0n) is 21.9. The lowest BCUT2D eigenvalue weighted by molar-refractivity contribution is -0.118. The molecule has 4 aromatic rings. The Morgan fingerprint density at radius 2 is 1.87 bits per heavy atom. The predicted octanol–water partition coefficient (Wildman–Crippen LogP) is 5.85. The molecular weight excluding hydrogens is 510 g/mol. The number of fused-ring (bicyclic) bond motifs is 1. The number of primary amides is 1. The molecule has 2 aromatic heterocycles. The van der Waals surface area contributed by atoms with E-state index >= 15 is 0 Å². The topological polar surface area (TPSA) is 110 Å². The quantitative estimate of drug-likeness (QED) is 0.292. The van der Waals surface area contributed by atoms with Gasteiger partial charge in [-0.15, -0.1) is 11.3 Å². The van der Waals surface area contributed by atoms with Crippen molar-refractivity contribution in [1.82, 2.24) is 9.55 Å². The van der Waals surface area contributed by atoms with Crippen molar-refractivity contribution in [3.8, 4) is 0 Å². The van der Waals surface area contributed by atoms with Crippen LogP contribution < -0.4 is 16.0 Å². The average molecular weight is 542 g/mol. The summed E-state index contributed by atoms with van der Waals surface area (Å²) in [5.41, 5.74) is 9.30. The number of hydrogen-bond donors (Lipinski definition) is 2. The maximum absolute atomic E-state index is 13.2. The summed E-state index contributed by atoms with van der Waals surface area (Å²) in [4.78, 5) is 45.7. The summed E-state index contributed by atoms with van der Waals surface area (Å²) >= 11 is 1.48. The number of hydrogen-bond acceptors (Lipinski definition) is 5. The van der Waals surface area contributed by atoms with E-state index in [1.807, 2.05) is 42.5 Å². The van der Waals surface area contributed by atoms with Crippen LogP contribution in [0, 0.1) is 0 Å². The number of carbonyl (C=O) groups is 3. The van der Waals surface area contributed by atoms with Crippen LogP contribution >= 0.6 is 11.3 Å². The number of aromatic nitrogens is 2. The van der Waals surface area contributed by atoms with E-state index < -0.39 is 5.91 Å². The number of aryl methyl sites for hydroxylation is 1. The molecule has 200 valence electrons. The molecule has 0 unspecified atom stereocenters. The molecule has 5 rings (SSSR count). The van der Waals surface area contributed by atoms with Gasteiger partial charge in [0, 0.05) is 36.1 Å². The van der Waals surface area contributed by atoms with Crippen LogP contribution in [0.1, 0.15) is 63.4 Å². The highest BCUT2D eigenvalue weighted by Crippen LogP contribution is 2.32. The van der Waals surface area contributed by atoms with Crippen molar-refractivity contribution >= 4 is 57.3 Å². The normalized spacial score (nSPS) is 13.5. The first-order valence-corrected chi connectivity index (χ1v) is 13.9. The number of anilines is 2. The zero-order valence-corrected chi connectivity index (χ0v) is 22.7. The molecule has 1 aliphatic carbocycles. The van der Waals surface area contributed by atoms with Crippen LogP contribution in [0.5, 0.6) is 0 Å². The molecule has 0 saturated heterocycles. The number of nitrogens with one attached hydrogen (secondary N) is 1. The fraction of sp³-hybridized carbons (Fsp3) is 0.267. The standard InChI is InChI=1S/C30H31N5O3S/c1-34(29(38)21-11-7-4-8-12-21)22-13-14-24-23(19-22)32-30(35(24)18-17-27(31)36)33-28(37)26-16-15-25(39-26)20-9-5-2-3-6-10-20/h4,7-9,11-16,19H,2-3,5-6,10,17-18H2,1H3,(H2,31,36)(H,32,33,37). The van der Waals surface area contributed by atoms with E-state index in [1.165, 1.54) is 36.2 Å². The molecule has 3 amide bonds. The minimum atomic E-state index is -0.446. The Kier molecular flexibility index (Phi) is 7.88. The number of amides is 3. The number of benzene rings is 2. The third-order valence-electron chi connectivity index (χ3n) is 6.94. The first-order valence-electron chi connectivity index (χ1n) is 13.1. The van der Waals surface area contributed by atoms with Crippen LogP contribution in [0.3, 0.4) is 0 Å². The smallest absolute Gasteiger partial charge is 0.268 e. The van der Waals surface area contributed by atoms with Gasteiger partial charge >= 0.3 is 0 Å². The van der Waals surface area contributed by atoms with Crippen molar-refractivity contribution in [2.75, 3.05) is 17.3 Å². The van der Waals surface area contributed by atoms with Crippen LogP contribution in [0.15, 0.2) is 66.7 Å². The van der Waals surface area contributed by atoms with E-state index in [4.69, 9.17) is 5.73 Å². The molecule has 2 heterocycles. The van der Waals surface area contributed by atoms with E-state index in [0.29, 0.717) is 27.6 Å². The van der Waals surface area contributed by atoms with Crippen molar-refractivity contribution in [2.24, 2.45) is 5.73 Å². The average Bonchev–Trinajstić information content (AvgIpc) is 3.47. The Balaban J connectivity index is 1.42. The first-order chi connectivity index (χ1) is 18.9. The summed E-state index contributed by atoms with van der Waals surface area (Å²) < 4.78 is 1.78.